The molecule has 1 nitrogen and oxygen atoms in total. The van der Waals surface area contributed by atoms with Crippen molar-refractivity contribution < 1.29 is 17.1 Å². The molecule has 0 spiro atoms. The maximum Gasteiger partial charge on any atom is 0.000496 e. The van der Waals surface area contributed by atoms with Gasteiger partial charge in [-0.25, -0.2) is 0 Å². The third-order valence-electron chi connectivity index (χ3n) is 0.496. The van der Waals surface area contributed by atoms with Crippen molar-refractivity contribution in [1.29, 1.82) is 0 Å². The molecule has 2 heteroatoms. The molecule has 1 heterocycles. The average Bonchev–Trinajstić information content (AvgIpc) is 1.76. The van der Waals surface area contributed by atoms with E-state index in [2.05, 4.69) is 4.98 Å². The summed E-state index contributed by atoms with van der Waals surface area (Å²) in [6.45, 7) is 0. The normalized spacial score (nSPS) is 6.67. The monoisotopic (exact) mass is 122 g/mol. The molecule has 0 atom stereocenters. The van der Waals surface area contributed by atoms with Gasteiger partial charge in [-0.2, -0.15) is 0 Å². The fraction of sp³-hybridized carbons (Fsp3) is 0. The molecule has 6 heavy (non-hydrogen) atoms. The van der Waals surface area contributed by atoms with Crippen molar-refractivity contribution in [2.75, 3.05) is 0 Å². The number of aromatic nitrogens is 1. The van der Waals surface area contributed by atoms with E-state index in [1.807, 2.05) is 24.5 Å². The van der Waals surface area contributed by atoms with Crippen molar-refractivity contribution >= 4 is 0 Å². The van der Waals surface area contributed by atoms with Crippen molar-refractivity contribution in [2.45, 2.75) is 0 Å². The number of nitrogens with one attached hydrogen (secondary N) is 1. The molecule has 0 bridgehead atoms. The van der Waals surface area contributed by atoms with E-state index < -0.39 is 0 Å². The molecule has 0 amide bonds. The van der Waals surface area contributed by atoms with Crippen LogP contribution >= 0.6 is 0 Å². The first kappa shape index (κ1) is 5.80. The van der Waals surface area contributed by atoms with Crippen LogP contribution in [0.15, 0.2) is 24.5 Å². The molecule has 0 aromatic carbocycles. The van der Waals surface area contributed by atoms with E-state index in [0.717, 1.165) is 0 Å². The first-order chi connectivity index (χ1) is 2.50. The van der Waals surface area contributed by atoms with Gasteiger partial charge < -0.3 is 4.98 Å². The predicted molar refractivity (Wildman–Crippen MR) is 20.8 cm³/mol. The molecule has 1 aromatic heterocycles. The Morgan fingerprint density at radius 1 is 1.00 bits per heavy atom. The molecule has 1 aromatic rings. The van der Waals surface area contributed by atoms with Gasteiger partial charge in [0.2, 0.25) is 0 Å². The first-order valence-corrected chi connectivity index (χ1v) is 1.58. The number of hydrogen-bond acceptors (Lipinski definition) is 0. The molecular formula is C4H5MnN. The summed E-state index contributed by atoms with van der Waals surface area (Å²) in [5.41, 5.74) is 0. The van der Waals surface area contributed by atoms with Crippen LogP contribution in [0.2, 0.25) is 0 Å². The van der Waals surface area contributed by atoms with Gasteiger partial charge in [0.15, 0.2) is 0 Å². The van der Waals surface area contributed by atoms with Crippen molar-refractivity contribution in [3.63, 3.8) is 0 Å². The van der Waals surface area contributed by atoms with Crippen LogP contribution in [0.25, 0.3) is 0 Å². The summed E-state index contributed by atoms with van der Waals surface area (Å²) >= 11 is 0. The van der Waals surface area contributed by atoms with Gasteiger partial charge in [0.1, 0.15) is 0 Å². The number of H-pyrrole nitrogens is 1. The maximum atomic E-state index is 2.86. The van der Waals surface area contributed by atoms with Crippen LogP contribution in [-0.2, 0) is 17.1 Å². The molecule has 0 aliphatic rings. The molecule has 1 radical (unpaired) electrons. The zero-order valence-electron chi connectivity index (χ0n) is 3.19. The Morgan fingerprint density at radius 2 is 1.50 bits per heavy atom. The maximum absolute atomic E-state index is 2.86. The Labute approximate surface area is 47.2 Å². The van der Waals surface area contributed by atoms with E-state index in [9.17, 15) is 0 Å². The Hall–Kier alpha value is -0.201. The molecule has 0 saturated heterocycles. The zero-order valence-corrected chi connectivity index (χ0v) is 4.37. The van der Waals surface area contributed by atoms with Crippen LogP contribution in [0, 0.1) is 0 Å². The van der Waals surface area contributed by atoms with Crippen LogP contribution in [-0.4, -0.2) is 4.98 Å². The van der Waals surface area contributed by atoms with Crippen molar-refractivity contribution in [2.24, 2.45) is 0 Å². The summed E-state index contributed by atoms with van der Waals surface area (Å²) in [6.07, 6.45) is 3.75. The third kappa shape index (κ3) is 1.29. The van der Waals surface area contributed by atoms with Gasteiger partial charge in [-0.05, 0) is 12.1 Å². The quantitative estimate of drug-likeness (QED) is 0.494. The topological polar surface area (TPSA) is 15.8 Å². The van der Waals surface area contributed by atoms with E-state index >= 15 is 0 Å². The minimum atomic E-state index is 0. The predicted octanol–water partition coefficient (Wildman–Crippen LogP) is 1.01. The standard InChI is InChI=1S/C4H5N.Mn/c1-2-4-5-3-1;/h1-5H;. The van der Waals surface area contributed by atoms with Crippen LogP contribution in [0.5, 0.6) is 0 Å². The minimum absolute atomic E-state index is 0. The van der Waals surface area contributed by atoms with Gasteiger partial charge in [0.25, 0.3) is 0 Å². The van der Waals surface area contributed by atoms with Crippen molar-refractivity contribution in [3.8, 4) is 0 Å². The van der Waals surface area contributed by atoms with Gasteiger partial charge in [0.05, 0.1) is 0 Å². The molecule has 1 rings (SSSR count). The van der Waals surface area contributed by atoms with Gasteiger partial charge in [-0.3, -0.25) is 0 Å². The Kier molecular flexibility index (Phi) is 2.91. The average molecular weight is 122 g/mol. The van der Waals surface area contributed by atoms with Crippen LogP contribution in [0.4, 0.5) is 0 Å². The van der Waals surface area contributed by atoms with Crippen molar-refractivity contribution in [1.82, 2.24) is 4.98 Å². The van der Waals surface area contributed by atoms with Gasteiger partial charge >= 0.3 is 0 Å². The molecule has 1 N–H and O–H groups in total. The van der Waals surface area contributed by atoms with E-state index in [-0.39, 0.29) is 17.1 Å². The number of hydrogen-bond donors (Lipinski definition) is 1. The molecular weight excluding hydrogens is 117 g/mol. The van der Waals surface area contributed by atoms with Crippen LogP contribution < -0.4 is 0 Å². The van der Waals surface area contributed by atoms with Crippen LogP contribution in [0.3, 0.4) is 0 Å². The SMILES string of the molecule is [Mn].c1cc[nH]c1. The molecule has 33 valence electrons. The van der Waals surface area contributed by atoms with E-state index in [4.69, 9.17) is 0 Å². The van der Waals surface area contributed by atoms with E-state index in [0.29, 0.717) is 0 Å². The van der Waals surface area contributed by atoms with Gasteiger partial charge in [-0.15, -0.1) is 0 Å². The smallest absolute Gasteiger partial charge is 0.000496 e. The summed E-state index contributed by atoms with van der Waals surface area (Å²) in [5, 5.41) is 0. The third-order valence-corrected chi connectivity index (χ3v) is 0.496. The molecule has 0 fully saturated rings. The minimum Gasteiger partial charge on any atom is -0.368 e. The zero-order chi connectivity index (χ0) is 3.54. The Balaban J connectivity index is 0.000000250. The summed E-state index contributed by atoms with van der Waals surface area (Å²) in [4.78, 5) is 2.86. The first-order valence-electron chi connectivity index (χ1n) is 1.58. The number of rotatable bonds is 0. The second-order valence-corrected chi connectivity index (χ2v) is 0.885. The van der Waals surface area contributed by atoms with Crippen molar-refractivity contribution in [3.05, 3.63) is 24.5 Å². The number of aromatic amines is 1. The fourth-order valence-corrected chi connectivity index (χ4v) is 0.278. The van der Waals surface area contributed by atoms with E-state index in [1.54, 1.807) is 0 Å². The summed E-state index contributed by atoms with van der Waals surface area (Å²) in [5.74, 6) is 0. The van der Waals surface area contributed by atoms with Crippen LogP contribution in [0.1, 0.15) is 0 Å². The van der Waals surface area contributed by atoms with E-state index in [1.165, 1.54) is 0 Å². The second kappa shape index (κ2) is 3.01. The molecule has 0 saturated carbocycles. The molecule has 0 aliphatic carbocycles. The molecule has 0 unspecified atom stereocenters. The largest absolute Gasteiger partial charge is 0.368 e. The fourth-order valence-electron chi connectivity index (χ4n) is 0.278. The Morgan fingerprint density at radius 3 is 1.67 bits per heavy atom. The summed E-state index contributed by atoms with van der Waals surface area (Å²) in [7, 11) is 0. The van der Waals surface area contributed by atoms with Gasteiger partial charge in [-0.1, -0.05) is 0 Å². The molecule has 0 aliphatic heterocycles. The second-order valence-electron chi connectivity index (χ2n) is 0.885. The Bertz CT molecular complexity index is 64.0. The summed E-state index contributed by atoms with van der Waals surface area (Å²) in [6, 6.07) is 3.89. The summed E-state index contributed by atoms with van der Waals surface area (Å²) < 4.78 is 0. The van der Waals surface area contributed by atoms with Gasteiger partial charge in [0, 0.05) is 29.5 Å².